The maximum absolute atomic E-state index is 11.2. The Morgan fingerprint density at radius 3 is 1.88 bits per heavy atom. The second-order valence-corrected chi connectivity index (χ2v) is 6.44. The Labute approximate surface area is 102 Å². The lowest BCUT2D eigenvalue weighted by Gasteiger charge is -2.29. The Kier molecular flexibility index (Phi) is 7.01. The molecular weight excluding hydrogens is 244 g/mol. The van der Waals surface area contributed by atoms with Gasteiger partial charge in [-0.15, -0.1) is 0 Å². The molecule has 0 aromatic heterocycles. The lowest BCUT2D eigenvalue weighted by atomic mass is 9.89. The summed E-state index contributed by atoms with van der Waals surface area (Å²) in [5, 5.41) is 18.1. The van der Waals surface area contributed by atoms with E-state index in [0.29, 0.717) is 6.42 Å². The minimum Gasteiger partial charge on any atom is -0.481 e. The van der Waals surface area contributed by atoms with Crippen molar-refractivity contribution in [1.29, 1.82) is 0 Å². The van der Waals surface area contributed by atoms with E-state index in [1.807, 2.05) is 6.92 Å². The number of rotatable bonds is 8. The fourth-order valence-electron chi connectivity index (χ4n) is 1.98. The largest absolute Gasteiger partial charge is 0.481 e. The predicted molar refractivity (Wildman–Crippen MR) is 63.1 cm³/mol. The van der Waals surface area contributed by atoms with Crippen LogP contribution < -0.4 is 0 Å². The molecule has 7 heteroatoms. The van der Waals surface area contributed by atoms with E-state index in [9.17, 15) is 14.7 Å². The maximum atomic E-state index is 11.2. The Bertz CT molecular complexity index is 266. The molecule has 0 radical (unpaired) electrons. The first kappa shape index (κ1) is 16.1. The molecular formula is C10H20O6Si. The highest BCUT2D eigenvalue weighted by Gasteiger charge is 2.41. The summed E-state index contributed by atoms with van der Waals surface area (Å²) in [6, 6.07) is 0. The molecule has 0 heterocycles. The number of carbonyl (C=O) groups is 2. The number of carboxylic acids is 2. The summed E-state index contributed by atoms with van der Waals surface area (Å²) in [5.74, 6) is -4.17. The standard InChI is InChI=1S/C10H20O6Si/c1-5-7(17(15-3)16-4)8(10(13)14)6(2)9(11)12/h6-8,17H,5H2,1-4H3,(H,11,12)(H,13,14). The van der Waals surface area contributed by atoms with Crippen molar-refractivity contribution in [2.24, 2.45) is 11.8 Å². The zero-order valence-corrected chi connectivity index (χ0v) is 11.7. The van der Waals surface area contributed by atoms with Gasteiger partial charge in [0.2, 0.25) is 0 Å². The Hall–Kier alpha value is -0.923. The molecule has 17 heavy (non-hydrogen) atoms. The summed E-state index contributed by atoms with van der Waals surface area (Å²) in [6.07, 6.45) is 0.521. The van der Waals surface area contributed by atoms with E-state index in [1.54, 1.807) is 0 Å². The van der Waals surface area contributed by atoms with Crippen molar-refractivity contribution in [2.75, 3.05) is 14.2 Å². The van der Waals surface area contributed by atoms with Crippen LogP contribution in [0.25, 0.3) is 0 Å². The normalized spacial score (nSPS) is 16.5. The average Bonchev–Trinajstić information content (AvgIpc) is 2.27. The highest BCUT2D eigenvalue weighted by molar-refractivity contribution is 6.46. The van der Waals surface area contributed by atoms with Crippen LogP contribution in [0.1, 0.15) is 20.3 Å². The number of hydrogen-bond donors (Lipinski definition) is 2. The lowest BCUT2D eigenvalue weighted by molar-refractivity contribution is -0.153. The van der Waals surface area contributed by atoms with E-state index in [0.717, 1.165) is 0 Å². The Morgan fingerprint density at radius 1 is 1.18 bits per heavy atom. The van der Waals surface area contributed by atoms with Crippen LogP contribution in [0.3, 0.4) is 0 Å². The van der Waals surface area contributed by atoms with Crippen molar-refractivity contribution in [2.45, 2.75) is 25.8 Å². The number of carboxylic acid groups (broad SMARTS) is 2. The van der Waals surface area contributed by atoms with Crippen LogP contribution in [0, 0.1) is 11.8 Å². The van der Waals surface area contributed by atoms with E-state index in [4.69, 9.17) is 14.0 Å². The molecule has 3 atom stereocenters. The number of aliphatic carboxylic acids is 2. The zero-order chi connectivity index (χ0) is 13.6. The maximum Gasteiger partial charge on any atom is 0.324 e. The minimum atomic E-state index is -2.16. The molecule has 0 aliphatic carbocycles. The van der Waals surface area contributed by atoms with Gasteiger partial charge >= 0.3 is 21.2 Å². The third kappa shape index (κ3) is 4.10. The van der Waals surface area contributed by atoms with Gasteiger partial charge in [-0.25, -0.2) is 0 Å². The molecule has 0 aliphatic rings. The molecule has 2 N–H and O–H groups in total. The Morgan fingerprint density at radius 2 is 1.65 bits per heavy atom. The van der Waals surface area contributed by atoms with E-state index >= 15 is 0 Å². The summed E-state index contributed by atoms with van der Waals surface area (Å²) in [7, 11) is 0.769. The van der Waals surface area contributed by atoms with Crippen LogP contribution in [-0.2, 0) is 18.4 Å². The van der Waals surface area contributed by atoms with Gasteiger partial charge in [0.05, 0.1) is 11.8 Å². The average molecular weight is 264 g/mol. The monoisotopic (exact) mass is 264 g/mol. The van der Waals surface area contributed by atoms with Gasteiger partial charge in [-0.2, -0.15) is 0 Å². The van der Waals surface area contributed by atoms with Crippen LogP contribution in [0.2, 0.25) is 5.54 Å². The van der Waals surface area contributed by atoms with Gasteiger partial charge in [0.1, 0.15) is 0 Å². The van der Waals surface area contributed by atoms with Gasteiger partial charge in [0, 0.05) is 19.8 Å². The third-order valence-electron chi connectivity index (χ3n) is 2.96. The molecule has 0 fully saturated rings. The molecule has 0 bridgehead atoms. The first-order chi connectivity index (χ1) is 7.90. The summed E-state index contributed by atoms with van der Waals surface area (Å²) >= 11 is 0. The fraction of sp³-hybridized carbons (Fsp3) is 0.800. The SMILES string of the molecule is CCC(C(C(=O)O)C(C)C(=O)O)[SiH](OC)OC. The predicted octanol–water partition coefficient (Wildman–Crippen LogP) is 0.701. The first-order valence-electron chi connectivity index (χ1n) is 5.41. The fourth-order valence-corrected chi connectivity index (χ4v) is 4.10. The van der Waals surface area contributed by atoms with Gasteiger partial charge in [-0.1, -0.05) is 20.3 Å². The molecule has 0 saturated heterocycles. The first-order valence-corrected chi connectivity index (χ1v) is 7.02. The molecule has 0 aliphatic heterocycles. The second kappa shape index (κ2) is 7.41. The molecule has 0 amide bonds. The van der Waals surface area contributed by atoms with Crippen LogP contribution in [0.5, 0.6) is 0 Å². The minimum absolute atomic E-state index is 0.367. The Balaban J connectivity index is 5.12. The summed E-state index contributed by atoms with van der Waals surface area (Å²) in [4.78, 5) is 22.2. The van der Waals surface area contributed by atoms with Crippen LogP contribution in [-0.4, -0.2) is 45.7 Å². The molecule has 0 rings (SSSR count). The highest BCUT2D eigenvalue weighted by atomic mass is 28.3. The van der Waals surface area contributed by atoms with E-state index < -0.39 is 33.1 Å². The molecule has 0 spiro atoms. The molecule has 0 saturated carbocycles. The van der Waals surface area contributed by atoms with Crippen molar-refractivity contribution >= 4 is 21.2 Å². The molecule has 0 aromatic rings. The van der Waals surface area contributed by atoms with Crippen molar-refractivity contribution in [3.05, 3.63) is 0 Å². The zero-order valence-electron chi connectivity index (χ0n) is 10.5. The van der Waals surface area contributed by atoms with Gasteiger partial charge in [-0.3, -0.25) is 9.59 Å². The quantitative estimate of drug-likeness (QED) is 0.627. The van der Waals surface area contributed by atoms with E-state index in [1.165, 1.54) is 21.1 Å². The molecule has 6 nitrogen and oxygen atoms in total. The summed E-state index contributed by atoms with van der Waals surface area (Å²) < 4.78 is 10.3. The van der Waals surface area contributed by atoms with Crippen molar-refractivity contribution in [3.63, 3.8) is 0 Å². The number of hydrogen-bond acceptors (Lipinski definition) is 4. The molecule has 3 unspecified atom stereocenters. The highest BCUT2D eigenvalue weighted by Crippen LogP contribution is 2.32. The second-order valence-electron chi connectivity index (χ2n) is 3.90. The van der Waals surface area contributed by atoms with E-state index in [-0.39, 0.29) is 5.54 Å². The van der Waals surface area contributed by atoms with Gasteiger partial charge in [0.25, 0.3) is 0 Å². The van der Waals surface area contributed by atoms with Gasteiger partial charge in [0.15, 0.2) is 0 Å². The van der Waals surface area contributed by atoms with E-state index in [2.05, 4.69) is 0 Å². The van der Waals surface area contributed by atoms with Crippen LogP contribution >= 0.6 is 0 Å². The third-order valence-corrected chi connectivity index (χ3v) is 5.47. The summed E-state index contributed by atoms with van der Waals surface area (Å²) in [5.41, 5.74) is -0.367. The van der Waals surface area contributed by atoms with Crippen molar-refractivity contribution < 1.29 is 28.7 Å². The molecule has 100 valence electrons. The smallest absolute Gasteiger partial charge is 0.324 e. The van der Waals surface area contributed by atoms with Gasteiger partial charge < -0.3 is 19.1 Å². The van der Waals surface area contributed by atoms with Crippen LogP contribution in [0.15, 0.2) is 0 Å². The summed E-state index contributed by atoms with van der Waals surface area (Å²) in [6.45, 7) is 3.22. The lowest BCUT2D eigenvalue weighted by Crippen LogP contribution is -2.39. The van der Waals surface area contributed by atoms with Crippen molar-refractivity contribution in [3.8, 4) is 0 Å². The van der Waals surface area contributed by atoms with Gasteiger partial charge in [-0.05, 0) is 0 Å². The molecule has 0 aromatic carbocycles. The van der Waals surface area contributed by atoms with Crippen LogP contribution in [0.4, 0.5) is 0 Å². The van der Waals surface area contributed by atoms with Crippen molar-refractivity contribution in [1.82, 2.24) is 0 Å². The topological polar surface area (TPSA) is 93.1 Å².